The van der Waals surface area contributed by atoms with Crippen LogP contribution in [0.4, 0.5) is 0 Å². The van der Waals surface area contributed by atoms with Gasteiger partial charge in [-0.1, -0.05) is 57.5 Å². The molecule has 0 spiro atoms. The fourth-order valence-electron chi connectivity index (χ4n) is 16.2. The first-order valence-electron chi connectivity index (χ1n) is 28.6. The molecule has 13 rings (SSSR count). The number of fused-ring (bicyclic) bond motifs is 9. The third kappa shape index (κ3) is 8.80. The summed E-state index contributed by atoms with van der Waals surface area (Å²) in [6.07, 6.45) is 13.4. The first-order chi connectivity index (χ1) is 37.6. The van der Waals surface area contributed by atoms with E-state index >= 15 is 0 Å². The Bertz CT molecular complexity index is 3260. The molecule has 12 nitrogen and oxygen atoms in total. The molecule has 4 heterocycles. The van der Waals surface area contributed by atoms with Crippen LogP contribution in [0.2, 0.25) is 0 Å². The zero-order valence-corrected chi connectivity index (χ0v) is 48.7. The number of allylic oxidation sites excluding steroid dienone is 2. The Morgan fingerprint density at radius 1 is 0.684 bits per heavy atom. The molecule has 6 bridgehead atoms. The molecule has 0 radical (unpaired) electrons. The normalized spacial score (nSPS) is 29.6. The van der Waals surface area contributed by atoms with Crippen molar-refractivity contribution in [2.75, 3.05) is 55.6 Å². The number of hydrogen-bond donors (Lipinski definition) is 3. The lowest BCUT2D eigenvalue weighted by atomic mass is 9.34. The van der Waals surface area contributed by atoms with E-state index in [2.05, 4.69) is 100 Å². The second-order valence-corrected chi connectivity index (χ2v) is 25.5. The summed E-state index contributed by atoms with van der Waals surface area (Å²) < 4.78 is 37.1. The van der Waals surface area contributed by atoms with Crippen molar-refractivity contribution in [3.05, 3.63) is 128 Å². The van der Waals surface area contributed by atoms with E-state index in [-0.39, 0.29) is 45.2 Å². The van der Waals surface area contributed by atoms with Crippen LogP contribution in [0.25, 0.3) is 0 Å². The minimum Gasteiger partial charge on any atom is -0.504 e. The minimum absolute atomic E-state index is 0.000437. The predicted octanol–water partition coefficient (Wildman–Crippen LogP) is 13.8. The molecule has 3 fully saturated rings. The van der Waals surface area contributed by atoms with Crippen LogP contribution in [-0.2, 0) is 42.3 Å². The number of rotatable bonds is 5. The van der Waals surface area contributed by atoms with Crippen molar-refractivity contribution in [2.24, 2.45) is 27.6 Å². The van der Waals surface area contributed by atoms with E-state index in [1.165, 1.54) is 33.4 Å². The third-order valence-electron chi connectivity index (χ3n) is 21.4. The van der Waals surface area contributed by atoms with Gasteiger partial charge in [-0.25, -0.2) is 0 Å². The molecule has 3 saturated carbocycles. The number of hydrogen-bond acceptors (Lipinski definition) is 11. The number of phenolic OH excluding ortho intramolecular Hbond substituents is 2. The van der Waals surface area contributed by atoms with Gasteiger partial charge in [-0.2, -0.15) is 0 Å². The second kappa shape index (κ2) is 20.0. The van der Waals surface area contributed by atoms with Gasteiger partial charge in [0.15, 0.2) is 46.0 Å². The topological polar surface area (TPSA) is 140 Å². The van der Waals surface area contributed by atoms with Crippen molar-refractivity contribution >= 4 is 5.97 Å². The van der Waals surface area contributed by atoms with Gasteiger partial charge < -0.3 is 43.7 Å². The van der Waals surface area contributed by atoms with Gasteiger partial charge in [-0.15, -0.1) is 0 Å². The molecule has 5 aromatic carbocycles. The van der Waals surface area contributed by atoms with Crippen LogP contribution in [0.1, 0.15) is 142 Å². The number of benzene rings is 5. The maximum Gasteiger partial charge on any atom is 0.309 e. The van der Waals surface area contributed by atoms with E-state index in [4.69, 9.17) is 28.4 Å². The van der Waals surface area contributed by atoms with Crippen LogP contribution in [0.5, 0.6) is 57.5 Å². The second-order valence-electron chi connectivity index (χ2n) is 25.5. The Morgan fingerprint density at radius 2 is 1.33 bits per heavy atom. The van der Waals surface area contributed by atoms with Crippen LogP contribution in [0.15, 0.2) is 78.4 Å². The largest absolute Gasteiger partial charge is 0.504 e. The molecule has 3 N–H and O–H groups in total. The van der Waals surface area contributed by atoms with E-state index in [0.29, 0.717) is 46.2 Å². The summed E-state index contributed by atoms with van der Waals surface area (Å²) in [5, 5.41) is 30.9. The van der Waals surface area contributed by atoms with Gasteiger partial charge in [0.25, 0.3) is 0 Å². The van der Waals surface area contributed by atoms with Gasteiger partial charge >= 0.3 is 5.97 Å². The molecule has 4 aliphatic heterocycles. The zero-order valence-electron chi connectivity index (χ0n) is 48.7. The molecule has 0 aromatic heterocycles. The van der Waals surface area contributed by atoms with Crippen molar-refractivity contribution < 1.29 is 48.5 Å². The lowest BCUT2D eigenvalue weighted by Gasteiger charge is -2.69. The molecule has 8 aliphatic rings. The van der Waals surface area contributed by atoms with Crippen molar-refractivity contribution in [2.45, 2.75) is 136 Å². The summed E-state index contributed by atoms with van der Waals surface area (Å²) >= 11 is 0. The molecule has 0 saturated heterocycles. The lowest BCUT2D eigenvalue weighted by Crippen LogP contribution is -2.62. The molecule has 8 atom stereocenters. The lowest BCUT2D eigenvalue weighted by molar-refractivity contribution is -0.177. The van der Waals surface area contributed by atoms with Crippen molar-refractivity contribution in [1.82, 2.24) is 9.80 Å². The highest BCUT2D eigenvalue weighted by Crippen LogP contribution is 2.75. The van der Waals surface area contributed by atoms with Gasteiger partial charge in [-0.3, -0.25) is 14.6 Å². The standard InChI is InChI=1S/C38H42N2O6.C29H40O4/c1-39-15-13-25-20-32(42-4)34-22-28(25)29(39)17-23-7-10-27(11-8-23)45-33-19-24(9-12-31(33)41-3)18-30-36-26(14-16-40(30)2)21-35(43-5)37(44-6)38(36)46-34;1-17-18-7-8-21-27(4,19(18)15-20(30)23(17)31)12-14-29(6)22-16-26(3,24(32)33)10-9-25(22,2)11-13-28(21,29)5/h7-12,19-22,29-30H,13-18H2,1-6H3;8,15,22,30-31H,7,9-14,16H2,1-6H3,(H,32,33). The van der Waals surface area contributed by atoms with Crippen molar-refractivity contribution in [1.29, 1.82) is 0 Å². The summed E-state index contributed by atoms with van der Waals surface area (Å²) in [4.78, 5) is 17.1. The molecule has 5 aromatic rings. The number of carbonyl (C=O) groups is 1. The van der Waals surface area contributed by atoms with Gasteiger partial charge in [0.1, 0.15) is 5.75 Å². The fraction of sp³-hybridized carbons (Fsp3) is 0.507. The van der Waals surface area contributed by atoms with Crippen LogP contribution in [0, 0.1) is 34.5 Å². The first-order valence-corrected chi connectivity index (χ1v) is 28.6. The number of carboxylic acid groups (broad SMARTS) is 1. The summed E-state index contributed by atoms with van der Waals surface area (Å²) in [5.41, 5.74) is 11.2. The number of methoxy groups -OCH3 is 4. The smallest absolute Gasteiger partial charge is 0.309 e. The molecule has 8 unspecified atom stereocenters. The number of phenols is 2. The van der Waals surface area contributed by atoms with E-state index in [1.54, 1.807) is 28.4 Å². The Balaban J connectivity index is 0.000000177. The Morgan fingerprint density at radius 3 is 2.03 bits per heavy atom. The van der Waals surface area contributed by atoms with Crippen LogP contribution < -0.4 is 28.4 Å². The predicted molar refractivity (Wildman–Crippen MR) is 307 cm³/mol. The van der Waals surface area contributed by atoms with Crippen molar-refractivity contribution in [3.63, 3.8) is 0 Å². The third-order valence-corrected chi connectivity index (χ3v) is 21.4. The highest BCUT2D eigenvalue weighted by Gasteiger charge is 2.67. The molecule has 0 amide bonds. The molecule has 420 valence electrons. The average Bonchev–Trinajstić information content (AvgIpc) is 2.05. The van der Waals surface area contributed by atoms with Crippen LogP contribution in [0.3, 0.4) is 0 Å². The van der Waals surface area contributed by atoms with Gasteiger partial charge in [0, 0.05) is 36.2 Å². The van der Waals surface area contributed by atoms with E-state index < -0.39 is 11.4 Å². The Hall–Kier alpha value is -6.37. The number of ether oxygens (including phenoxy) is 6. The number of carboxylic acids is 1. The van der Waals surface area contributed by atoms with Gasteiger partial charge in [-0.05, 0) is 220 Å². The van der Waals surface area contributed by atoms with Crippen LogP contribution in [-0.4, -0.2) is 86.7 Å². The van der Waals surface area contributed by atoms with E-state index in [1.807, 2.05) is 38.1 Å². The van der Waals surface area contributed by atoms with Crippen molar-refractivity contribution in [3.8, 4) is 57.5 Å². The summed E-state index contributed by atoms with van der Waals surface area (Å²) in [6.45, 7) is 15.4. The SMILES string of the molecule is COc1ccc2cc1Oc1ccc(cc1)CC1c3cc(c(OC)cc3CCN1C)Oc1c(OC)c(OC)cc3c1C(C2)N(C)CC3.Cc1c(O)c(O)cc2c1CC=C1C2(C)CCC2(C)C3CC(C)(C(=O)O)CCC3(C)CCC12C. The summed E-state index contributed by atoms with van der Waals surface area (Å²) in [7, 11) is 11.1. The summed E-state index contributed by atoms with van der Waals surface area (Å²) in [6, 6.07) is 23.0. The molecular weight excluding hydrogens is 993 g/mol. The molecule has 4 aliphatic carbocycles. The molecule has 79 heavy (non-hydrogen) atoms. The molecular formula is C67H82N2O10. The van der Waals surface area contributed by atoms with Gasteiger partial charge in [0.2, 0.25) is 5.75 Å². The quantitative estimate of drug-likeness (QED) is 0.114. The highest BCUT2D eigenvalue weighted by molar-refractivity contribution is 5.74. The monoisotopic (exact) mass is 1070 g/mol. The van der Waals surface area contributed by atoms with Gasteiger partial charge in [0.05, 0.1) is 33.9 Å². The number of aliphatic carboxylic acids is 1. The zero-order chi connectivity index (χ0) is 56.1. The molecule has 12 heteroatoms. The fourth-order valence-corrected chi connectivity index (χ4v) is 16.2. The number of nitrogens with zero attached hydrogens (tertiary/aromatic N) is 2. The van der Waals surface area contributed by atoms with E-state index in [9.17, 15) is 20.1 Å². The number of likely N-dealkylation sites (N-methyl/N-ethyl adjacent to an activating group) is 2. The summed E-state index contributed by atoms with van der Waals surface area (Å²) in [5.74, 6) is 5.13. The Kier molecular flexibility index (Phi) is 13.8. The van der Waals surface area contributed by atoms with Crippen LogP contribution >= 0.6 is 0 Å². The minimum atomic E-state index is -0.641. The number of aromatic hydroxyl groups is 2. The Labute approximate surface area is 467 Å². The van der Waals surface area contributed by atoms with E-state index in [0.717, 1.165) is 118 Å². The maximum absolute atomic E-state index is 12.3. The maximum atomic E-state index is 12.3. The highest BCUT2D eigenvalue weighted by atomic mass is 16.5. The first kappa shape index (κ1) is 54.6. The average molecular weight is 1080 g/mol.